The van der Waals surface area contributed by atoms with Gasteiger partial charge in [-0.05, 0) is 25.0 Å². The van der Waals surface area contributed by atoms with Gasteiger partial charge in [0.25, 0.3) is 0 Å². The van der Waals surface area contributed by atoms with Crippen molar-refractivity contribution in [2.75, 3.05) is 27.7 Å². The fraction of sp³-hybridized carbons (Fsp3) is 0.625. The van der Waals surface area contributed by atoms with Gasteiger partial charge in [0.2, 0.25) is 5.91 Å². The minimum Gasteiger partial charge on any atom is -0.467 e. The fourth-order valence-electron chi connectivity index (χ4n) is 3.05. The third-order valence-electron chi connectivity index (χ3n) is 4.25. The molecule has 1 amide bonds. The van der Waals surface area contributed by atoms with Crippen LogP contribution in [-0.4, -0.2) is 44.5 Å². The highest BCUT2D eigenvalue weighted by atomic mass is 127. The average molecular weight is 434 g/mol. The smallest absolute Gasteiger partial charge is 0.230 e. The predicted molar refractivity (Wildman–Crippen MR) is 102 cm³/mol. The van der Waals surface area contributed by atoms with Crippen LogP contribution in [0.25, 0.3) is 0 Å². The number of hydrogen-bond donors (Lipinski definition) is 2. The maximum Gasteiger partial charge on any atom is 0.230 e. The highest BCUT2D eigenvalue weighted by Gasteiger charge is 2.42. The molecule has 1 heterocycles. The minimum absolute atomic E-state index is 0. The van der Waals surface area contributed by atoms with Crippen LogP contribution in [0.3, 0.4) is 0 Å². The van der Waals surface area contributed by atoms with E-state index in [1.165, 1.54) is 0 Å². The van der Waals surface area contributed by atoms with Gasteiger partial charge in [-0.3, -0.25) is 9.79 Å². The van der Waals surface area contributed by atoms with Crippen LogP contribution in [0.1, 0.15) is 31.4 Å². The Labute approximate surface area is 155 Å². The first-order valence-corrected chi connectivity index (χ1v) is 7.76. The molecule has 1 aliphatic rings. The summed E-state index contributed by atoms with van der Waals surface area (Å²) in [6, 6.07) is 3.77. The van der Waals surface area contributed by atoms with E-state index in [-0.39, 0.29) is 35.3 Å². The van der Waals surface area contributed by atoms with Crippen molar-refractivity contribution in [3.05, 3.63) is 24.2 Å². The summed E-state index contributed by atoms with van der Waals surface area (Å²) in [6.45, 7) is 1.18. The number of nitrogens with one attached hydrogen (secondary N) is 2. The first-order valence-electron chi connectivity index (χ1n) is 7.76. The molecule has 2 N–H and O–H groups in total. The van der Waals surface area contributed by atoms with E-state index in [1.54, 1.807) is 18.2 Å². The second kappa shape index (κ2) is 9.14. The lowest BCUT2D eigenvalue weighted by Crippen LogP contribution is -2.49. The third-order valence-corrected chi connectivity index (χ3v) is 4.25. The number of halogens is 1. The second-order valence-corrected chi connectivity index (χ2v) is 6.05. The number of amides is 1. The van der Waals surface area contributed by atoms with E-state index < -0.39 is 0 Å². The number of aliphatic imine (C=N–C) groups is 1. The minimum atomic E-state index is -0.300. The molecule has 0 unspecified atom stereocenters. The van der Waals surface area contributed by atoms with Gasteiger partial charge in [0, 0.05) is 27.7 Å². The van der Waals surface area contributed by atoms with Gasteiger partial charge in [-0.15, -0.1) is 24.0 Å². The predicted octanol–water partition coefficient (Wildman–Crippen LogP) is 2.21. The molecular formula is C16H27IN4O2. The topological polar surface area (TPSA) is 69.9 Å². The summed E-state index contributed by atoms with van der Waals surface area (Å²) in [6.07, 6.45) is 5.74. The van der Waals surface area contributed by atoms with Crippen LogP contribution in [0, 0.1) is 5.41 Å². The van der Waals surface area contributed by atoms with E-state index in [0.717, 1.165) is 31.4 Å². The van der Waals surface area contributed by atoms with Crippen molar-refractivity contribution in [2.45, 2.75) is 32.2 Å². The van der Waals surface area contributed by atoms with Crippen molar-refractivity contribution in [3.8, 4) is 0 Å². The molecule has 0 spiro atoms. The molecule has 1 aliphatic carbocycles. The molecule has 2 rings (SSSR count). The zero-order valence-corrected chi connectivity index (χ0v) is 16.4. The first-order chi connectivity index (χ1) is 10.6. The molecule has 1 saturated carbocycles. The Morgan fingerprint density at radius 3 is 2.57 bits per heavy atom. The molecule has 0 saturated heterocycles. The van der Waals surface area contributed by atoms with Crippen LogP contribution in [-0.2, 0) is 11.3 Å². The van der Waals surface area contributed by atoms with Gasteiger partial charge in [-0.2, -0.15) is 0 Å². The van der Waals surface area contributed by atoms with E-state index >= 15 is 0 Å². The Balaban J connectivity index is 0.00000264. The highest BCUT2D eigenvalue weighted by molar-refractivity contribution is 14.0. The number of guanidine groups is 1. The summed E-state index contributed by atoms with van der Waals surface area (Å²) in [5, 5.41) is 6.50. The van der Waals surface area contributed by atoms with Gasteiger partial charge in [-0.1, -0.05) is 12.8 Å². The summed E-state index contributed by atoms with van der Waals surface area (Å²) in [4.78, 5) is 18.4. The molecule has 1 aromatic heterocycles. The fourth-order valence-corrected chi connectivity index (χ4v) is 3.05. The molecule has 0 aliphatic heterocycles. The zero-order valence-electron chi connectivity index (χ0n) is 14.1. The Morgan fingerprint density at radius 1 is 1.35 bits per heavy atom. The molecule has 7 heteroatoms. The molecule has 0 aromatic carbocycles. The highest BCUT2D eigenvalue weighted by Crippen LogP contribution is 2.38. The lowest BCUT2D eigenvalue weighted by molar-refractivity contribution is -0.138. The van der Waals surface area contributed by atoms with Crippen LogP contribution in [0.5, 0.6) is 0 Å². The molecular weight excluding hydrogens is 407 g/mol. The van der Waals surface area contributed by atoms with E-state index in [2.05, 4.69) is 15.6 Å². The molecule has 1 aromatic rings. The molecule has 1 fully saturated rings. The number of hydrogen-bond acceptors (Lipinski definition) is 3. The van der Waals surface area contributed by atoms with Gasteiger partial charge < -0.3 is 20.0 Å². The lowest BCUT2D eigenvalue weighted by atomic mass is 9.84. The van der Waals surface area contributed by atoms with E-state index in [1.807, 2.05) is 26.2 Å². The van der Waals surface area contributed by atoms with Gasteiger partial charge in [-0.25, -0.2) is 0 Å². The van der Waals surface area contributed by atoms with Crippen molar-refractivity contribution >= 4 is 35.8 Å². The Hall–Kier alpha value is -1.25. The van der Waals surface area contributed by atoms with Gasteiger partial charge in [0.05, 0.1) is 18.2 Å². The molecule has 0 bridgehead atoms. The normalized spacial score (nSPS) is 16.6. The molecule has 0 radical (unpaired) electrons. The summed E-state index contributed by atoms with van der Waals surface area (Å²) >= 11 is 0. The Kier molecular flexibility index (Phi) is 7.87. The van der Waals surface area contributed by atoms with Gasteiger partial charge in [0.15, 0.2) is 5.96 Å². The van der Waals surface area contributed by atoms with Gasteiger partial charge >= 0.3 is 0 Å². The standard InChI is InChI=1S/C16H26N4O2.HI/c1-17-15(18-11-13-7-6-10-22-13)19-12-16(8-4-5-9-16)14(21)20(2)3;/h6-7,10H,4-5,8-9,11-12H2,1-3H3,(H2,17,18,19);1H. The van der Waals surface area contributed by atoms with Crippen LogP contribution in [0.15, 0.2) is 27.8 Å². The first kappa shape index (κ1) is 19.8. The molecule has 0 atom stereocenters. The van der Waals surface area contributed by atoms with E-state index in [0.29, 0.717) is 19.0 Å². The largest absolute Gasteiger partial charge is 0.467 e. The van der Waals surface area contributed by atoms with E-state index in [4.69, 9.17) is 4.42 Å². The van der Waals surface area contributed by atoms with Crippen molar-refractivity contribution in [1.29, 1.82) is 0 Å². The second-order valence-electron chi connectivity index (χ2n) is 6.05. The van der Waals surface area contributed by atoms with Crippen LogP contribution in [0.4, 0.5) is 0 Å². The molecule has 130 valence electrons. The number of nitrogens with zero attached hydrogens (tertiary/aromatic N) is 2. The van der Waals surface area contributed by atoms with Crippen molar-refractivity contribution < 1.29 is 9.21 Å². The Morgan fingerprint density at radius 2 is 2.04 bits per heavy atom. The maximum atomic E-state index is 12.5. The quantitative estimate of drug-likeness (QED) is 0.424. The average Bonchev–Trinajstić information content (AvgIpc) is 3.18. The number of furan rings is 1. The summed E-state index contributed by atoms with van der Waals surface area (Å²) in [7, 11) is 5.38. The van der Waals surface area contributed by atoms with Crippen LogP contribution in [0.2, 0.25) is 0 Å². The van der Waals surface area contributed by atoms with Crippen LogP contribution < -0.4 is 10.6 Å². The van der Waals surface area contributed by atoms with Crippen molar-refractivity contribution in [2.24, 2.45) is 10.4 Å². The SMILES string of the molecule is CN=C(NCc1ccco1)NCC1(C(=O)N(C)C)CCCC1.I. The number of carbonyl (C=O) groups excluding carboxylic acids is 1. The maximum absolute atomic E-state index is 12.5. The van der Waals surface area contributed by atoms with E-state index in [9.17, 15) is 4.79 Å². The summed E-state index contributed by atoms with van der Waals surface area (Å²) in [5.41, 5.74) is -0.300. The summed E-state index contributed by atoms with van der Waals surface area (Å²) in [5.74, 6) is 1.75. The van der Waals surface area contributed by atoms with Crippen molar-refractivity contribution in [3.63, 3.8) is 0 Å². The number of carbonyl (C=O) groups is 1. The molecule has 6 nitrogen and oxygen atoms in total. The zero-order chi connectivity index (χ0) is 16.0. The van der Waals surface area contributed by atoms with Gasteiger partial charge in [0.1, 0.15) is 5.76 Å². The lowest BCUT2D eigenvalue weighted by Gasteiger charge is -2.31. The monoisotopic (exact) mass is 434 g/mol. The van der Waals surface area contributed by atoms with Crippen LogP contribution >= 0.6 is 24.0 Å². The summed E-state index contributed by atoms with van der Waals surface area (Å²) < 4.78 is 5.29. The number of rotatable bonds is 5. The third kappa shape index (κ3) is 5.12. The Bertz CT molecular complexity index is 508. The molecule has 23 heavy (non-hydrogen) atoms. The van der Waals surface area contributed by atoms with Crippen molar-refractivity contribution in [1.82, 2.24) is 15.5 Å².